The lowest BCUT2D eigenvalue weighted by molar-refractivity contribution is -0.137. The Morgan fingerprint density at radius 1 is 1.24 bits per heavy atom. The fourth-order valence-corrected chi connectivity index (χ4v) is 2.91. The molecular formula is C16H17NO3S. The van der Waals surface area contributed by atoms with Crippen molar-refractivity contribution in [2.45, 2.75) is 25.8 Å². The summed E-state index contributed by atoms with van der Waals surface area (Å²) in [7, 11) is 0. The summed E-state index contributed by atoms with van der Waals surface area (Å²) < 4.78 is 0. The van der Waals surface area contributed by atoms with Crippen LogP contribution in [0, 0.1) is 6.92 Å². The maximum Gasteiger partial charge on any atom is 0.305 e. The van der Waals surface area contributed by atoms with E-state index in [1.54, 1.807) is 0 Å². The van der Waals surface area contributed by atoms with E-state index in [9.17, 15) is 9.59 Å². The van der Waals surface area contributed by atoms with Crippen molar-refractivity contribution in [3.05, 3.63) is 57.8 Å². The normalized spacial score (nSPS) is 11.9. The van der Waals surface area contributed by atoms with Gasteiger partial charge < -0.3 is 10.4 Å². The zero-order valence-corrected chi connectivity index (χ0v) is 12.5. The van der Waals surface area contributed by atoms with E-state index in [4.69, 9.17) is 5.11 Å². The zero-order valence-electron chi connectivity index (χ0n) is 11.7. The van der Waals surface area contributed by atoms with Crippen LogP contribution >= 0.6 is 11.3 Å². The van der Waals surface area contributed by atoms with E-state index >= 15 is 0 Å². The van der Waals surface area contributed by atoms with Gasteiger partial charge in [0, 0.05) is 4.88 Å². The second kappa shape index (κ2) is 7.04. The Balaban J connectivity index is 2.11. The van der Waals surface area contributed by atoms with E-state index < -0.39 is 12.0 Å². The van der Waals surface area contributed by atoms with Gasteiger partial charge in [-0.1, -0.05) is 30.3 Å². The summed E-state index contributed by atoms with van der Waals surface area (Å²) in [5.41, 5.74) is 1.82. The molecule has 5 heteroatoms. The van der Waals surface area contributed by atoms with E-state index in [2.05, 4.69) is 5.32 Å². The van der Waals surface area contributed by atoms with Crippen molar-refractivity contribution in [3.8, 4) is 0 Å². The molecule has 1 atom stereocenters. The molecule has 2 N–H and O–H groups in total. The molecule has 0 saturated carbocycles. The molecule has 0 spiro atoms. The number of aryl methyl sites for hydroxylation is 1. The molecule has 21 heavy (non-hydrogen) atoms. The van der Waals surface area contributed by atoms with Crippen LogP contribution in [0.1, 0.15) is 28.5 Å². The van der Waals surface area contributed by atoms with Crippen LogP contribution in [0.4, 0.5) is 0 Å². The van der Waals surface area contributed by atoms with E-state index in [1.807, 2.05) is 48.7 Å². The Morgan fingerprint density at radius 3 is 2.62 bits per heavy atom. The Morgan fingerprint density at radius 2 is 2.00 bits per heavy atom. The number of aliphatic carboxylic acids is 1. The fourth-order valence-electron chi connectivity index (χ4n) is 2.21. The predicted octanol–water partition coefficient (Wildman–Crippen LogP) is 2.93. The van der Waals surface area contributed by atoms with Crippen LogP contribution in [0.25, 0.3) is 0 Å². The van der Waals surface area contributed by atoms with Gasteiger partial charge in [0.05, 0.1) is 18.9 Å². The molecule has 4 nitrogen and oxygen atoms in total. The SMILES string of the molecule is Cc1ccccc1C(CC(=O)O)NC(=O)Cc1cccs1. The summed E-state index contributed by atoms with van der Waals surface area (Å²) >= 11 is 1.51. The Labute approximate surface area is 127 Å². The molecule has 0 fully saturated rings. The fraction of sp³-hybridized carbons (Fsp3) is 0.250. The number of amides is 1. The molecule has 0 aliphatic carbocycles. The highest BCUT2D eigenvalue weighted by molar-refractivity contribution is 7.10. The molecule has 1 aromatic carbocycles. The minimum Gasteiger partial charge on any atom is -0.481 e. The quantitative estimate of drug-likeness (QED) is 0.862. The van der Waals surface area contributed by atoms with Crippen LogP contribution in [0.3, 0.4) is 0 Å². The molecule has 2 rings (SSSR count). The van der Waals surface area contributed by atoms with E-state index in [-0.39, 0.29) is 18.7 Å². The number of benzene rings is 1. The van der Waals surface area contributed by atoms with Crippen molar-refractivity contribution < 1.29 is 14.7 Å². The molecule has 0 radical (unpaired) electrons. The van der Waals surface area contributed by atoms with Gasteiger partial charge in [0.15, 0.2) is 0 Å². The number of nitrogens with one attached hydrogen (secondary N) is 1. The lowest BCUT2D eigenvalue weighted by Crippen LogP contribution is -2.31. The topological polar surface area (TPSA) is 66.4 Å². The van der Waals surface area contributed by atoms with Crippen LogP contribution in [-0.4, -0.2) is 17.0 Å². The summed E-state index contributed by atoms with van der Waals surface area (Å²) in [6, 6.07) is 10.8. The van der Waals surface area contributed by atoms with Crippen molar-refractivity contribution in [2.75, 3.05) is 0 Å². The van der Waals surface area contributed by atoms with Crippen LogP contribution < -0.4 is 5.32 Å². The highest BCUT2D eigenvalue weighted by Crippen LogP contribution is 2.21. The second-order valence-corrected chi connectivity index (χ2v) is 5.86. The third kappa shape index (κ3) is 4.43. The minimum absolute atomic E-state index is 0.124. The van der Waals surface area contributed by atoms with E-state index in [1.165, 1.54) is 11.3 Å². The van der Waals surface area contributed by atoms with E-state index in [0.29, 0.717) is 0 Å². The molecule has 1 unspecified atom stereocenters. The maximum absolute atomic E-state index is 12.1. The molecule has 2 aromatic rings. The van der Waals surface area contributed by atoms with Crippen molar-refractivity contribution in [3.63, 3.8) is 0 Å². The van der Waals surface area contributed by atoms with Crippen molar-refractivity contribution in [1.82, 2.24) is 5.32 Å². The summed E-state index contributed by atoms with van der Waals surface area (Å²) in [6.07, 6.45) is 0.153. The largest absolute Gasteiger partial charge is 0.481 e. The van der Waals surface area contributed by atoms with Gasteiger partial charge in [-0.2, -0.15) is 0 Å². The van der Waals surface area contributed by atoms with E-state index in [0.717, 1.165) is 16.0 Å². The molecule has 110 valence electrons. The van der Waals surface area contributed by atoms with Crippen molar-refractivity contribution in [1.29, 1.82) is 0 Å². The number of carbonyl (C=O) groups is 2. The van der Waals surface area contributed by atoms with Crippen LogP contribution in [0.2, 0.25) is 0 Å². The highest BCUT2D eigenvalue weighted by atomic mass is 32.1. The van der Waals surface area contributed by atoms with Gasteiger partial charge in [0.25, 0.3) is 0 Å². The molecule has 0 bridgehead atoms. The lowest BCUT2D eigenvalue weighted by Gasteiger charge is -2.19. The lowest BCUT2D eigenvalue weighted by atomic mass is 9.98. The number of carbonyl (C=O) groups excluding carboxylic acids is 1. The Kier molecular flexibility index (Phi) is 5.11. The van der Waals surface area contributed by atoms with Gasteiger partial charge in [-0.15, -0.1) is 11.3 Å². The van der Waals surface area contributed by atoms with Gasteiger partial charge in [-0.25, -0.2) is 0 Å². The Hall–Kier alpha value is -2.14. The monoisotopic (exact) mass is 303 g/mol. The first kappa shape index (κ1) is 15.3. The summed E-state index contributed by atoms with van der Waals surface area (Å²) in [4.78, 5) is 24.1. The zero-order chi connectivity index (χ0) is 15.2. The first-order chi connectivity index (χ1) is 10.1. The Bertz CT molecular complexity index is 622. The van der Waals surface area contributed by atoms with Crippen LogP contribution in [0.5, 0.6) is 0 Å². The average Bonchev–Trinajstić information content (AvgIpc) is 2.90. The van der Waals surface area contributed by atoms with Crippen LogP contribution in [-0.2, 0) is 16.0 Å². The van der Waals surface area contributed by atoms with Crippen LogP contribution in [0.15, 0.2) is 41.8 Å². The maximum atomic E-state index is 12.1. The van der Waals surface area contributed by atoms with Crippen molar-refractivity contribution >= 4 is 23.2 Å². The molecular weight excluding hydrogens is 286 g/mol. The molecule has 1 aromatic heterocycles. The number of carboxylic acids is 1. The number of rotatable bonds is 6. The van der Waals surface area contributed by atoms with Gasteiger partial charge in [-0.05, 0) is 29.5 Å². The number of hydrogen-bond acceptors (Lipinski definition) is 3. The van der Waals surface area contributed by atoms with Gasteiger partial charge in [-0.3, -0.25) is 9.59 Å². The summed E-state index contributed by atoms with van der Waals surface area (Å²) in [6.45, 7) is 1.91. The standard InChI is InChI=1S/C16H17NO3S/c1-11-5-2-3-7-13(11)14(10-16(19)20)17-15(18)9-12-6-4-8-21-12/h2-8,14H,9-10H2,1H3,(H,17,18)(H,19,20). The molecule has 0 saturated heterocycles. The summed E-state index contributed by atoms with van der Waals surface area (Å²) in [5, 5.41) is 13.8. The summed E-state index contributed by atoms with van der Waals surface area (Å²) in [5.74, 6) is -1.09. The molecule has 0 aliphatic heterocycles. The third-order valence-corrected chi connectivity index (χ3v) is 4.07. The van der Waals surface area contributed by atoms with Crippen molar-refractivity contribution in [2.24, 2.45) is 0 Å². The first-order valence-corrected chi connectivity index (χ1v) is 7.53. The smallest absolute Gasteiger partial charge is 0.305 e. The minimum atomic E-state index is -0.931. The molecule has 1 amide bonds. The van der Waals surface area contributed by atoms with Gasteiger partial charge in [0.2, 0.25) is 5.91 Å². The predicted molar refractivity (Wildman–Crippen MR) is 82.3 cm³/mol. The third-order valence-electron chi connectivity index (χ3n) is 3.19. The number of hydrogen-bond donors (Lipinski definition) is 2. The van der Waals surface area contributed by atoms with Gasteiger partial charge >= 0.3 is 5.97 Å². The first-order valence-electron chi connectivity index (χ1n) is 6.65. The number of thiophene rings is 1. The second-order valence-electron chi connectivity index (χ2n) is 4.83. The molecule has 0 aliphatic rings. The number of carboxylic acid groups (broad SMARTS) is 1. The molecule has 1 heterocycles. The highest BCUT2D eigenvalue weighted by Gasteiger charge is 2.19. The average molecular weight is 303 g/mol. The van der Waals surface area contributed by atoms with Gasteiger partial charge in [0.1, 0.15) is 0 Å².